The maximum atomic E-state index is 11.4. The zero-order chi connectivity index (χ0) is 13.5. The molecule has 0 heterocycles. The van der Waals surface area contributed by atoms with Gasteiger partial charge in [-0.25, -0.2) is 0 Å². The lowest BCUT2D eigenvalue weighted by molar-refractivity contribution is 0.101. The molecule has 0 atom stereocenters. The number of aliphatic hydroxyl groups is 1. The Morgan fingerprint density at radius 3 is 2.72 bits per heavy atom. The maximum absolute atomic E-state index is 11.4. The minimum absolute atomic E-state index is 0.0455. The van der Waals surface area contributed by atoms with Gasteiger partial charge in [-0.05, 0) is 39.1 Å². The quantitative estimate of drug-likeness (QED) is 0.750. The van der Waals surface area contributed by atoms with E-state index >= 15 is 0 Å². The van der Waals surface area contributed by atoms with Crippen LogP contribution in [0.1, 0.15) is 29.8 Å². The number of ketones is 1. The number of carbonyl (C=O) groups is 1. The van der Waals surface area contributed by atoms with Crippen molar-refractivity contribution in [2.45, 2.75) is 20.4 Å². The fourth-order valence-electron chi connectivity index (χ4n) is 1.76. The maximum Gasteiger partial charge on any atom is 0.159 e. The van der Waals surface area contributed by atoms with Gasteiger partial charge in [0.05, 0.1) is 13.2 Å². The molecular weight excluding hydrogens is 230 g/mol. The zero-order valence-electron chi connectivity index (χ0n) is 11.3. The molecule has 4 heteroatoms. The summed E-state index contributed by atoms with van der Waals surface area (Å²) in [4.78, 5) is 13.4. The SMILES string of the molecule is CCOc1ccc(C(C)=O)cc1CN(C)CCO. The van der Waals surface area contributed by atoms with Crippen LogP contribution in [0.3, 0.4) is 0 Å². The van der Waals surface area contributed by atoms with Crippen molar-refractivity contribution in [3.05, 3.63) is 29.3 Å². The lowest BCUT2D eigenvalue weighted by atomic mass is 10.1. The first-order valence-electron chi connectivity index (χ1n) is 6.14. The Kier molecular flexibility index (Phi) is 5.82. The summed E-state index contributed by atoms with van der Waals surface area (Å²) in [5, 5.41) is 8.90. The fraction of sp³-hybridized carbons (Fsp3) is 0.500. The molecular formula is C14H21NO3. The van der Waals surface area contributed by atoms with E-state index in [1.807, 2.05) is 31.0 Å². The number of Topliss-reactive ketones (excluding diaryl/α,β-unsaturated/α-hetero) is 1. The van der Waals surface area contributed by atoms with E-state index in [9.17, 15) is 4.79 Å². The van der Waals surface area contributed by atoms with Gasteiger partial charge in [-0.15, -0.1) is 0 Å². The summed E-state index contributed by atoms with van der Waals surface area (Å²) in [7, 11) is 1.92. The highest BCUT2D eigenvalue weighted by molar-refractivity contribution is 5.94. The van der Waals surface area contributed by atoms with Crippen LogP contribution in [0.2, 0.25) is 0 Å². The van der Waals surface area contributed by atoms with Crippen molar-refractivity contribution in [3.63, 3.8) is 0 Å². The van der Waals surface area contributed by atoms with Crippen LogP contribution in [0.4, 0.5) is 0 Å². The van der Waals surface area contributed by atoms with Crippen LogP contribution in [-0.2, 0) is 6.54 Å². The van der Waals surface area contributed by atoms with E-state index in [0.29, 0.717) is 25.3 Å². The second kappa shape index (κ2) is 7.13. The number of nitrogens with zero attached hydrogens (tertiary/aromatic N) is 1. The topological polar surface area (TPSA) is 49.8 Å². The first-order valence-corrected chi connectivity index (χ1v) is 6.14. The van der Waals surface area contributed by atoms with Gasteiger partial charge in [-0.3, -0.25) is 9.69 Å². The number of likely N-dealkylation sites (N-methyl/N-ethyl adjacent to an activating group) is 1. The van der Waals surface area contributed by atoms with Crippen molar-refractivity contribution in [1.82, 2.24) is 4.90 Å². The van der Waals surface area contributed by atoms with Gasteiger partial charge in [0, 0.05) is 24.2 Å². The van der Waals surface area contributed by atoms with Crippen LogP contribution in [0.25, 0.3) is 0 Å². The van der Waals surface area contributed by atoms with Gasteiger partial charge < -0.3 is 9.84 Å². The molecule has 0 aliphatic rings. The van der Waals surface area contributed by atoms with Crippen molar-refractivity contribution in [2.75, 3.05) is 26.8 Å². The number of aliphatic hydroxyl groups excluding tert-OH is 1. The van der Waals surface area contributed by atoms with Gasteiger partial charge in [0.25, 0.3) is 0 Å². The summed E-state index contributed by atoms with van der Waals surface area (Å²) in [6.07, 6.45) is 0. The molecule has 0 spiro atoms. The van der Waals surface area contributed by atoms with Crippen LogP contribution in [0, 0.1) is 0 Å². The molecule has 0 aliphatic carbocycles. The van der Waals surface area contributed by atoms with Crippen LogP contribution in [0.15, 0.2) is 18.2 Å². The third kappa shape index (κ3) is 4.13. The lowest BCUT2D eigenvalue weighted by Gasteiger charge is -2.18. The van der Waals surface area contributed by atoms with Crippen LogP contribution in [0.5, 0.6) is 5.75 Å². The van der Waals surface area contributed by atoms with Crippen molar-refractivity contribution in [1.29, 1.82) is 0 Å². The van der Waals surface area contributed by atoms with Gasteiger partial charge in [0.1, 0.15) is 5.75 Å². The first-order chi connectivity index (χ1) is 8.58. The summed E-state index contributed by atoms with van der Waals surface area (Å²) in [5.41, 5.74) is 1.66. The molecule has 1 rings (SSSR count). The average molecular weight is 251 g/mol. The Hall–Kier alpha value is -1.39. The molecule has 0 bridgehead atoms. The van der Waals surface area contributed by atoms with Crippen LogP contribution < -0.4 is 4.74 Å². The number of ether oxygens (including phenoxy) is 1. The third-order valence-corrected chi connectivity index (χ3v) is 2.69. The highest BCUT2D eigenvalue weighted by atomic mass is 16.5. The Bertz CT molecular complexity index is 404. The molecule has 0 saturated heterocycles. The predicted molar refractivity (Wildman–Crippen MR) is 71.0 cm³/mol. The number of hydrogen-bond donors (Lipinski definition) is 1. The predicted octanol–water partition coefficient (Wildman–Crippen LogP) is 1.71. The van der Waals surface area contributed by atoms with Gasteiger partial charge in [0.15, 0.2) is 5.78 Å². The Morgan fingerprint density at radius 2 is 2.17 bits per heavy atom. The average Bonchev–Trinajstić information content (AvgIpc) is 2.31. The van der Waals surface area contributed by atoms with Crippen molar-refractivity contribution in [3.8, 4) is 5.75 Å². The van der Waals surface area contributed by atoms with Crippen molar-refractivity contribution < 1.29 is 14.6 Å². The molecule has 0 fully saturated rings. The van der Waals surface area contributed by atoms with Crippen molar-refractivity contribution in [2.24, 2.45) is 0 Å². The van der Waals surface area contributed by atoms with E-state index in [1.54, 1.807) is 13.0 Å². The van der Waals surface area contributed by atoms with E-state index in [2.05, 4.69) is 0 Å². The molecule has 0 amide bonds. The number of benzene rings is 1. The summed E-state index contributed by atoms with van der Waals surface area (Å²) < 4.78 is 5.55. The van der Waals surface area contributed by atoms with E-state index in [4.69, 9.17) is 9.84 Å². The summed E-state index contributed by atoms with van der Waals surface area (Å²) in [6, 6.07) is 5.48. The minimum atomic E-state index is 0.0455. The van der Waals surface area contributed by atoms with E-state index < -0.39 is 0 Å². The smallest absolute Gasteiger partial charge is 0.159 e. The molecule has 0 unspecified atom stereocenters. The Morgan fingerprint density at radius 1 is 1.44 bits per heavy atom. The lowest BCUT2D eigenvalue weighted by Crippen LogP contribution is -2.22. The Balaban J connectivity index is 2.95. The molecule has 0 radical (unpaired) electrons. The molecule has 1 aromatic rings. The number of rotatable bonds is 7. The van der Waals surface area contributed by atoms with E-state index in [0.717, 1.165) is 11.3 Å². The van der Waals surface area contributed by atoms with E-state index in [-0.39, 0.29) is 12.4 Å². The minimum Gasteiger partial charge on any atom is -0.494 e. The Labute approximate surface area is 108 Å². The molecule has 0 aromatic heterocycles. The van der Waals surface area contributed by atoms with Crippen LogP contribution >= 0.6 is 0 Å². The summed E-state index contributed by atoms with van der Waals surface area (Å²) in [5.74, 6) is 0.844. The number of hydrogen-bond acceptors (Lipinski definition) is 4. The fourth-order valence-corrected chi connectivity index (χ4v) is 1.76. The first kappa shape index (κ1) is 14.7. The van der Waals surface area contributed by atoms with Gasteiger partial charge >= 0.3 is 0 Å². The van der Waals surface area contributed by atoms with Gasteiger partial charge in [-0.2, -0.15) is 0 Å². The molecule has 4 nitrogen and oxygen atoms in total. The highest BCUT2D eigenvalue weighted by Gasteiger charge is 2.09. The third-order valence-electron chi connectivity index (χ3n) is 2.69. The molecule has 0 saturated carbocycles. The van der Waals surface area contributed by atoms with Crippen molar-refractivity contribution >= 4 is 5.78 Å². The summed E-state index contributed by atoms with van der Waals surface area (Å²) in [6.45, 7) is 5.44. The normalized spacial score (nSPS) is 10.7. The molecule has 1 aromatic carbocycles. The number of carbonyl (C=O) groups excluding carboxylic acids is 1. The standard InChI is InChI=1S/C14H21NO3/c1-4-18-14-6-5-12(11(2)17)9-13(14)10-15(3)7-8-16/h5-6,9,16H,4,7-8,10H2,1-3H3. The monoisotopic (exact) mass is 251 g/mol. The zero-order valence-corrected chi connectivity index (χ0v) is 11.3. The second-order valence-electron chi connectivity index (χ2n) is 4.27. The highest BCUT2D eigenvalue weighted by Crippen LogP contribution is 2.22. The largest absolute Gasteiger partial charge is 0.494 e. The molecule has 1 N–H and O–H groups in total. The molecule has 18 heavy (non-hydrogen) atoms. The van der Waals surface area contributed by atoms with Crippen LogP contribution in [-0.4, -0.2) is 42.6 Å². The molecule has 0 aliphatic heterocycles. The second-order valence-corrected chi connectivity index (χ2v) is 4.27. The van der Waals surface area contributed by atoms with Gasteiger partial charge in [-0.1, -0.05) is 0 Å². The van der Waals surface area contributed by atoms with E-state index in [1.165, 1.54) is 0 Å². The summed E-state index contributed by atoms with van der Waals surface area (Å²) >= 11 is 0. The van der Waals surface area contributed by atoms with Gasteiger partial charge in [0.2, 0.25) is 0 Å². The molecule has 100 valence electrons.